The zero-order chi connectivity index (χ0) is 25.4. The number of piperidine rings is 1. The van der Waals surface area contributed by atoms with Crippen molar-refractivity contribution in [3.63, 3.8) is 0 Å². The summed E-state index contributed by atoms with van der Waals surface area (Å²) in [5.41, 5.74) is 1.38. The number of ether oxygens (including phenoxy) is 1. The predicted octanol–water partition coefficient (Wildman–Crippen LogP) is 4.91. The molecule has 0 bridgehead atoms. The SMILES string of the molecule is CCNC(=O)N1CCC2C(CC3C(=O)OC(C)C3C2/C=C/c2ccc(-c3cccc(F)c3F)cn2)C1. The van der Waals surface area contributed by atoms with Crippen LogP contribution < -0.4 is 5.32 Å². The minimum Gasteiger partial charge on any atom is -0.462 e. The highest BCUT2D eigenvalue weighted by Crippen LogP contribution is 2.51. The predicted molar refractivity (Wildman–Crippen MR) is 132 cm³/mol. The number of aromatic nitrogens is 1. The molecule has 6 atom stereocenters. The van der Waals surface area contributed by atoms with Gasteiger partial charge in [0.15, 0.2) is 11.6 Å². The van der Waals surface area contributed by atoms with Crippen LogP contribution in [-0.4, -0.2) is 47.6 Å². The molecule has 2 amide bonds. The lowest BCUT2D eigenvalue weighted by atomic mass is 9.59. The van der Waals surface area contributed by atoms with E-state index in [0.717, 1.165) is 18.9 Å². The lowest BCUT2D eigenvalue weighted by molar-refractivity contribution is -0.144. The van der Waals surface area contributed by atoms with E-state index in [0.29, 0.717) is 36.8 Å². The van der Waals surface area contributed by atoms with Crippen molar-refractivity contribution in [3.05, 3.63) is 59.9 Å². The number of amides is 2. The maximum atomic E-state index is 14.2. The topological polar surface area (TPSA) is 71.5 Å². The number of cyclic esters (lactones) is 1. The van der Waals surface area contributed by atoms with Gasteiger partial charge in [-0.25, -0.2) is 13.6 Å². The van der Waals surface area contributed by atoms with Gasteiger partial charge in [-0.15, -0.1) is 0 Å². The van der Waals surface area contributed by atoms with Gasteiger partial charge < -0.3 is 15.0 Å². The molecular formula is C28H31F2N3O3. The van der Waals surface area contributed by atoms with Crippen LogP contribution in [0.4, 0.5) is 13.6 Å². The fourth-order valence-corrected chi connectivity index (χ4v) is 6.40. The minimum atomic E-state index is -0.890. The first kappa shape index (κ1) is 24.4. The third-order valence-corrected chi connectivity index (χ3v) is 8.05. The van der Waals surface area contributed by atoms with Crippen LogP contribution in [-0.2, 0) is 9.53 Å². The number of nitrogens with one attached hydrogen (secondary N) is 1. The Hall–Kier alpha value is -3.29. The summed E-state index contributed by atoms with van der Waals surface area (Å²) in [6, 6.07) is 7.55. The van der Waals surface area contributed by atoms with Crippen LogP contribution in [0.1, 0.15) is 32.4 Å². The lowest BCUT2D eigenvalue weighted by Gasteiger charge is -2.48. The minimum absolute atomic E-state index is 0.0495. The summed E-state index contributed by atoms with van der Waals surface area (Å²) in [5, 5.41) is 2.88. The van der Waals surface area contributed by atoms with E-state index < -0.39 is 11.6 Å². The van der Waals surface area contributed by atoms with E-state index in [-0.39, 0.29) is 47.3 Å². The summed E-state index contributed by atoms with van der Waals surface area (Å²) in [7, 11) is 0. The smallest absolute Gasteiger partial charge is 0.317 e. The number of pyridine rings is 1. The van der Waals surface area contributed by atoms with Crippen molar-refractivity contribution >= 4 is 18.1 Å². The standard InChI is InChI=1S/C28H31F2N3O3/c1-3-31-28(35)33-12-11-20-18(15-33)13-23-25(16(2)36-27(23)34)22(20)10-9-19-8-7-17(14-32-19)21-5-4-6-24(29)26(21)30/h4-10,14,16,18,20,22-23,25H,3,11-13,15H2,1-2H3,(H,31,35)/b10-9+. The van der Waals surface area contributed by atoms with Gasteiger partial charge in [-0.2, -0.15) is 0 Å². The van der Waals surface area contributed by atoms with Crippen LogP contribution in [0.25, 0.3) is 17.2 Å². The van der Waals surface area contributed by atoms with Crippen molar-refractivity contribution in [2.24, 2.45) is 29.6 Å². The molecule has 2 saturated heterocycles. The number of fused-ring (bicyclic) bond motifs is 2. The molecule has 1 aliphatic carbocycles. The monoisotopic (exact) mass is 495 g/mol. The van der Waals surface area contributed by atoms with Gasteiger partial charge in [0.1, 0.15) is 6.10 Å². The number of esters is 1. The average molecular weight is 496 g/mol. The second-order valence-electron chi connectivity index (χ2n) is 10.1. The number of carbonyl (C=O) groups is 2. The molecule has 1 saturated carbocycles. The van der Waals surface area contributed by atoms with Crippen molar-refractivity contribution in [1.82, 2.24) is 15.2 Å². The van der Waals surface area contributed by atoms with Crippen LogP contribution in [0.3, 0.4) is 0 Å². The van der Waals surface area contributed by atoms with Crippen LogP contribution in [0.5, 0.6) is 0 Å². The molecule has 5 rings (SSSR count). The van der Waals surface area contributed by atoms with Gasteiger partial charge in [-0.05, 0) is 62.7 Å². The number of allylic oxidation sites excluding steroid dienone is 1. The van der Waals surface area contributed by atoms with Crippen molar-refractivity contribution in [2.75, 3.05) is 19.6 Å². The molecule has 3 aliphatic rings. The number of carbonyl (C=O) groups excluding carboxylic acids is 2. The molecule has 0 spiro atoms. The third-order valence-electron chi connectivity index (χ3n) is 8.05. The summed E-state index contributed by atoms with van der Waals surface area (Å²) >= 11 is 0. The molecule has 6 unspecified atom stereocenters. The number of hydrogen-bond acceptors (Lipinski definition) is 4. The summed E-state index contributed by atoms with van der Waals surface area (Å²) in [5.74, 6) is -1.32. The Morgan fingerprint density at radius 3 is 2.86 bits per heavy atom. The molecule has 1 aromatic heterocycles. The fourth-order valence-electron chi connectivity index (χ4n) is 6.40. The molecule has 190 valence electrons. The summed E-state index contributed by atoms with van der Waals surface area (Å²) in [4.78, 5) is 31.4. The zero-order valence-electron chi connectivity index (χ0n) is 20.5. The Bertz CT molecular complexity index is 1170. The Morgan fingerprint density at radius 1 is 1.28 bits per heavy atom. The number of nitrogens with zero attached hydrogens (tertiary/aromatic N) is 2. The first-order valence-electron chi connectivity index (χ1n) is 12.7. The average Bonchev–Trinajstić information content (AvgIpc) is 3.16. The quantitative estimate of drug-likeness (QED) is 0.613. The largest absolute Gasteiger partial charge is 0.462 e. The highest BCUT2D eigenvalue weighted by atomic mass is 19.2. The van der Waals surface area contributed by atoms with Crippen LogP contribution >= 0.6 is 0 Å². The van der Waals surface area contributed by atoms with Gasteiger partial charge in [0.05, 0.1) is 11.6 Å². The summed E-state index contributed by atoms with van der Waals surface area (Å²) < 4.78 is 33.4. The number of rotatable bonds is 4. The molecule has 6 nitrogen and oxygen atoms in total. The van der Waals surface area contributed by atoms with Gasteiger partial charge >= 0.3 is 12.0 Å². The number of urea groups is 1. The van der Waals surface area contributed by atoms with Crippen molar-refractivity contribution < 1.29 is 23.1 Å². The van der Waals surface area contributed by atoms with E-state index in [2.05, 4.69) is 16.4 Å². The van der Waals surface area contributed by atoms with E-state index >= 15 is 0 Å². The zero-order valence-corrected chi connectivity index (χ0v) is 20.5. The van der Waals surface area contributed by atoms with E-state index in [9.17, 15) is 18.4 Å². The van der Waals surface area contributed by atoms with Gasteiger partial charge in [0, 0.05) is 42.9 Å². The molecule has 3 fully saturated rings. The molecule has 3 heterocycles. The van der Waals surface area contributed by atoms with Crippen molar-refractivity contribution in [2.45, 2.75) is 32.8 Å². The first-order valence-corrected chi connectivity index (χ1v) is 12.7. The summed E-state index contributed by atoms with van der Waals surface area (Å²) in [6.45, 7) is 5.78. The van der Waals surface area contributed by atoms with E-state index in [1.54, 1.807) is 18.3 Å². The van der Waals surface area contributed by atoms with Crippen molar-refractivity contribution in [3.8, 4) is 11.1 Å². The van der Waals surface area contributed by atoms with Gasteiger partial charge in [0.2, 0.25) is 0 Å². The number of benzene rings is 1. The Balaban J connectivity index is 1.38. The molecule has 36 heavy (non-hydrogen) atoms. The van der Waals surface area contributed by atoms with E-state index in [4.69, 9.17) is 4.74 Å². The highest BCUT2D eigenvalue weighted by Gasteiger charge is 2.54. The molecule has 1 N–H and O–H groups in total. The maximum absolute atomic E-state index is 14.2. The maximum Gasteiger partial charge on any atom is 0.317 e. The third kappa shape index (κ3) is 4.49. The lowest BCUT2D eigenvalue weighted by Crippen LogP contribution is -2.53. The normalized spacial score (nSPS) is 29.6. The second kappa shape index (κ2) is 9.99. The van der Waals surface area contributed by atoms with Gasteiger partial charge in [-0.1, -0.05) is 24.3 Å². The Kier molecular flexibility index (Phi) is 6.77. The van der Waals surface area contributed by atoms with E-state index in [1.165, 1.54) is 12.1 Å². The highest BCUT2D eigenvalue weighted by molar-refractivity contribution is 5.76. The van der Waals surface area contributed by atoms with Gasteiger partial charge in [0.25, 0.3) is 0 Å². The van der Waals surface area contributed by atoms with Crippen LogP contribution in [0, 0.1) is 41.2 Å². The molecule has 1 aromatic carbocycles. The van der Waals surface area contributed by atoms with Crippen molar-refractivity contribution in [1.29, 1.82) is 0 Å². The molecule has 8 heteroatoms. The molecule has 0 radical (unpaired) electrons. The van der Waals surface area contributed by atoms with E-state index in [1.807, 2.05) is 24.8 Å². The molecular weight excluding hydrogens is 464 g/mol. The summed E-state index contributed by atoms with van der Waals surface area (Å²) in [6.07, 6.45) is 7.07. The van der Waals surface area contributed by atoms with Crippen LogP contribution in [0.15, 0.2) is 42.6 Å². The number of hydrogen-bond donors (Lipinski definition) is 1. The Morgan fingerprint density at radius 2 is 2.11 bits per heavy atom. The molecule has 2 aromatic rings. The number of likely N-dealkylation sites (tertiary alicyclic amines) is 1. The molecule has 2 aliphatic heterocycles. The van der Waals surface area contributed by atoms with Crippen LogP contribution in [0.2, 0.25) is 0 Å². The second-order valence-corrected chi connectivity index (χ2v) is 10.1. The van der Waals surface area contributed by atoms with Gasteiger partial charge in [-0.3, -0.25) is 9.78 Å². The fraction of sp³-hybridized carbons (Fsp3) is 0.464. The Labute approximate surface area is 209 Å². The first-order chi connectivity index (χ1) is 17.4. The number of halogens is 2.